The van der Waals surface area contributed by atoms with E-state index >= 15 is 0 Å². The van der Waals surface area contributed by atoms with Gasteiger partial charge in [-0.3, -0.25) is 0 Å². The van der Waals surface area contributed by atoms with Crippen LogP contribution >= 0.6 is 0 Å². The van der Waals surface area contributed by atoms with E-state index in [-0.39, 0.29) is 0 Å². The van der Waals surface area contributed by atoms with Crippen molar-refractivity contribution >= 4 is 71.6 Å². The Balaban J connectivity index is 0.906. The van der Waals surface area contributed by atoms with Crippen LogP contribution in [0.3, 0.4) is 0 Å². The average molecular weight is 943 g/mol. The topological polar surface area (TPSA) is 21.3 Å². The van der Waals surface area contributed by atoms with Gasteiger partial charge in [-0.05, 0) is 111 Å². The predicted octanol–water partition coefficient (Wildman–Crippen LogP) is 19.0. The van der Waals surface area contributed by atoms with Crippen molar-refractivity contribution in [2.45, 2.75) is 5.41 Å². The van der Waals surface area contributed by atoms with Gasteiger partial charge in [-0.25, -0.2) is 0 Å². The Morgan fingerprint density at radius 1 is 0.311 bits per heavy atom. The molecule has 1 aliphatic rings. The fraction of sp³-hybridized carbons (Fsp3) is 0.0141. The number of rotatable bonds is 8. The molecular weight excluding hydrogens is 897 g/mol. The summed E-state index contributed by atoms with van der Waals surface area (Å²) in [5.41, 5.74) is 20.0. The third-order valence-corrected chi connectivity index (χ3v) is 15.7. The van der Waals surface area contributed by atoms with Gasteiger partial charge in [0.15, 0.2) is 0 Å². The third-order valence-electron chi connectivity index (χ3n) is 15.7. The van der Waals surface area contributed by atoms with Gasteiger partial charge in [0.05, 0.1) is 22.1 Å². The van der Waals surface area contributed by atoms with E-state index in [4.69, 9.17) is 4.42 Å². The molecule has 14 aromatic rings. The molecule has 0 aliphatic heterocycles. The minimum Gasteiger partial charge on any atom is -0.455 e. The Bertz CT molecular complexity index is 4380. The van der Waals surface area contributed by atoms with E-state index < -0.39 is 5.41 Å². The largest absolute Gasteiger partial charge is 0.455 e. The van der Waals surface area contributed by atoms with E-state index in [1.54, 1.807) is 0 Å². The second-order valence-electron chi connectivity index (χ2n) is 19.5. The van der Waals surface area contributed by atoms with E-state index in [1.165, 1.54) is 66.1 Å². The molecule has 0 saturated carbocycles. The maximum Gasteiger partial charge on any atom is 0.143 e. The first-order chi connectivity index (χ1) is 36.7. The second kappa shape index (κ2) is 16.7. The molecule has 0 atom stereocenters. The smallest absolute Gasteiger partial charge is 0.143 e. The number of fused-ring (bicyclic) bond motifs is 11. The van der Waals surface area contributed by atoms with Gasteiger partial charge in [-0.2, -0.15) is 0 Å². The molecule has 1 aliphatic carbocycles. The standard InChI is InChI=1S/C71H46N2O/c1-3-19-50(20-4-1)71(51-21-5-2-6-22-51)64-30-13-9-25-58(64)59-45-43-54(46-65(59)71)72(53-41-36-49(37-42-53)57-28-17-29-62-63-44-38-47-18-7-8-24-56(47)70(63)74-69(57)62)52-39-34-48(35-40-52)55-23-10-14-31-66(55)73-67-32-15-11-26-60(67)61-27-12-16-33-68(61)73/h1-46H. The summed E-state index contributed by atoms with van der Waals surface area (Å²) >= 11 is 0. The summed E-state index contributed by atoms with van der Waals surface area (Å²) in [5.74, 6) is 0. The molecular formula is C71H46N2O. The number of anilines is 3. The highest BCUT2D eigenvalue weighted by atomic mass is 16.3. The molecule has 74 heavy (non-hydrogen) atoms. The molecule has 2 aromatic heterocycles. The fourth-order valence-electron chi connectivity index (χ4n) is 12.4. The van der Waals surface area contributed by atoms with Crippen LogP contribution in [0.25, 0.3) is 93.6 Å². The summed E-state index contributed by atoms with van der Waals surface area (Å²) in [4.78, 5) is 2.42. The van der Waals surface area contributed by atoms with Crippen molar-refractivity contribution in [1.82, 2.24) is 4.57 Å². The van der Waals surface area contributed by atoms with Crippen LogP contribution in [-0.2, 0) is 5.41 Å². The summed E-state index contributed by atoms with van der Waals surface area (Å²) in [5, 5.41) is 7.04. The minimum atomic E-state index is -0.545. The highest BCUT2D eigenvalue weighted by Gasteiger charge is 2.46. The number of furan rings is 1. The number of aromatic nitrogens is 1. The number of para-hydroxylation sites is 4. The van der Waals surface area contributed by atoms with Gasteiger partial charge in [0.2, 0.25) is 0 Å². The quantitative estimate of drug-likeness (QED) is 0.151. The Morgan fingerprint density at radius 3 is 1.50 bits per heavy atom. The molecule has 2 heterocycles. The molecule has 0 saturated heterocycles. The van der Waals surface area contributed by atoms with E-state index in [0.717, 1.165) is 66.8 Å². The van der Waals surface area contributed by atoms with E-state index in [2.05, 4.69) is 289 Å². The number of hydrogen-bond acceptors (Lipinski definition) is 2. The van der Waals surface area contributed by atoms with Crippen LogP contribution in [0.4, 0.5) is 17.1 Å². The predicted molar refractivity (Wildman–Crippen MR) is 308 cm³/mol. The molecule has 0 radical (unpaired) electrons. The van der Waals surface area contributed by atoms with Crippen molar-refractivity contribution in [1.29, 1.82) is 0 Å². The Kier molecular flexibility index (Phi) is 9.48. The van der Waals surface area contributed by atoms with Crippen LogP contribution < -0.4 is 4.90 Å². The Morgan fingerprint density at radius 2 is 0.811 bits per heavy atom. The normalized spacial score (nSPS) is 12.7. The van der Waals surface area contributed by atoms with Crippen molar-refractivity contribution in [3.05, 3.63) is 301 Å². The highest BCUT2D eigenvalue weighted by molar-refractivity contribution is 6.17. The van der Waals surface area contributed by atoms with Crippen LogP contribution in [0.2, 0.25) is 0 Å². The number of benzene rings is 12. The molecule has 15 rings (SSSR count). The van der Waals surface area contributed by atoms with Gasteiger partial charge in [-0.1, -0.05) is 218 Å². The molecule has 0 fully saturated rings. The van der Waals surface area contributed by atoms with Crippen LogP contribution in [0.1, 0.15) is 22.3 Å². The number of nitrogens with zero attached hydrogens (tertiary/aromatic N) is 2. The van der Waals surface area contributed by atoms with E-state index in [1.807, 2.05) is 0 Å². The zero-order chi connectivity index (χ0) is 48.7. The van der Waals surface area contributed by atoms with Crippen molar-refractivity contribution < 1.29 is 4.42 Å². The van der Waals surface area contributed by atoms with Crippen LogP contribution in [0.15, 0.2) is 283 Å². The molecule has 0 N–H and O–H groups in total. The average Bonchev–Trinajstić information content (AvgIpc) is 4.13. The van der Waals surface area contributed by atoms with Crippen molar-refractivity contribution in [2.24, 2.45) is 0 Å². The maximum absolute atomic E-state index is 6.84. The Labute approximate surface area is 429 Å². The zero-order valence-corrected chi connectivity index (χ0v) is 40.4. The van der Waals surface area contributed by atoms with Gasteiger partial charge in [-0.15, -0.1) is 0 Å². The molecule has 0 unspecified atom stereocenters. The molecule has 3 nitrogen and oxygen atoms in total. The van der Waals surface area contributed by atoms with Gasteiger partial charge in [0, 0.05) is 55.1 Å². The van der Waals surface area contributed by atoms with Crippen molar-refractivity contribution in [2.75, 3.05) is 4.90 Å². The lowest BCUT2D eigenvalue weighted by molar-refractivity contribution is 0.674. The second-order valence-corrected chi connectivity index (χ2v) is 19.5. The SMILES string of the molecule is c1ccc(C2(c3ccccc3)c3ccccc3-c3ccc(N(c4ccc(-c5ccccc5-n5c6ccccc6c6ccccc65)cc4)c4ccc(-c5cccc6c5oc5c7ccccc7ccc65)cc4)cc32)cc1. The molecule has 0 amide bonds. The highest BCUT2D eigenvalue weighted by Crippen LogP contribution is 2.57. The van der Waals surface area contributed by atoms with Gasteiger partial charge in [0.25, 0.3) is 0 Å². The van der Waals surface area contributed by atoms with Gasteiger partial charge >= 0.3 is 0 Å². The van der Waals surface area contributed by atoms with Gasteiger partial charge < -0.3 is 13.9 Å². The first-order valence-corrected chi connectivity index (χ1v) is 25.5. The zero-order valence-electron chi connectivity index (χ0n) is 40.4. The van der Waals surface area contributed by atoms with Crippen LogP contribution in [0.5, 0.6) is 0 Å². The summed E-state index contributed by atoms with van der Waals surface area (Å²) in [6, 6.07) is 102. The lowest BCUT2D eigenvalue weighted by Gasteiger charge is -2.35. The maximum atomic E-state index is 6.84. The molecule has 0 spiro atoms. The van der Waals surface area contributed by atoms with Crippen LogP contribution in [-0.4, -0.2) is 4.57 Å². The number of hydrogen-bond donors (Lipinski definition) is 0. The van der Waals surface area contributed by atoms with Gasteiger partial charge in [0.1, 0.15) is 11.2 Å². The first kappa shape index (κ1) is 42.0. The summed E-state index contributed by atoms with van der Waals surface area (Å²) < 4.78 is 9.26. The third kappa shape index (κ3) is 6.27. The van der Waals surface area contributed by atoms with E-state index in [0.29, 0.717) is 0 Å². The lowest BCUT2D eigenvalue weighted by atomic mass is 9.67. The molecule has 3 heteroatoms. The summed E-state index contributed by atoms with van der Waals surface area (Å²) in [7, 11) is 0. The summed E-state index contributed by atoms with van der Waals surface area (Å²) in [6.45, 7) is 0. The van der Waals surface area contributed by atoms with Crippen molar-refractivity contribution in [3.63, 3.8) is 0 Å². The Hall–Kier alpha value is -9.70. The van der Waals surface area contributed by atoms with E-state index in [9.17, 15) is 0 Å². The van der Waals surface area contributed by atoms with Crippen molar-refractivity contribution in [3.8, 4) is 39.1 Å². The molecule has 0 bridgehead atoms. The monoisotopic (exact) mass is 942 g/mol. The fourth-order valence-corrected chi connectivity index (χ4v) is 12.4. The summed E-state index contributed by atoms with van der Waals surface area (Å²) in [6.07, 6.45) is 0. The lowest BCUT2D eigenvalue weighted by Crippen LogP contribution is -2.28. The van der Waals surface area contributed by atoms with Crippen LogP contribution in [0, 0.1) is 0 Å². The first-order valence-electron chi connectivity index (χ1n) is 25.5. The minimum absolute atomic E-state index is 0.545. The molecule has 12 aromatic carbocycles. The molecule has 346 valence electrons.